The van der Waals surface area contributed by atoms with Crippen LogP contribution in [-0.2, 0) is 0 Å². The molecule has 0 atom stereocenters. The van der Waals surface area contributed by atoms with E-state index in [1.54, 1.807) is 6.07 Å². The molecule has 0 bridgehead atoms. The zero-order valence-electron chi connectivity index (χ0n) is 8.90. The highest BCUT2D eigenvalue weighted by Gasteiger charge is 2.36. The molecule has 1 aliphatic rings. The van der Waals surface area contributed by atoms with Crippen molar-refractivity contribution in [3.63, 3.8) is 0 Å². The molecule has 1 heterocycles. The van der Waals surface area contributed by atoms with Gasteiger partial charge in [0, 0.05) is 0 Å². The van der Waals surface area contributed by atoms with Crippen LogP contribution in [0, 0.1) is 11.3 Å². The summed E-state index contributed by atoms with van der Waals surface area (Å²) >= 11 is 0. The van der Waals surface area contributed by atoms with Crippen LogP contribution in [0.3, 0.4) is 0 Å². The van der Waals surface area contributed by atoms with Gasteiger partial charge in [0.15, 0.2) is 0 Å². The number of nitrogens with one attached hydrogen (secondary N) is 1. The smallest absolute Gasteiger partial charge is 0.144 e. The minimum atomic E-state index is -0.297. The number of hydrogen-bond donors (Lipinski definition) is 3. The Balaban J connectivity index is 2.24. The van der Waals surface area contributed by atoms with E-state index in [0.29, 0.717) is 17.1 Å². The SMILES string of the molecule is N#Cc1cc(N)cnc1NC1(CO)CCC1. The summed E-state index contributed by atoms with van der Waals surface area (Å²) in [4.78, 5) is 4.09. The van der Waals surface area contributed by atoms with E-state index in [2.05, 4.69) is 10.3 Å². The summed E-state index contributed by atoms with van der Waals surface area (Å²) in [6.45, 7) is 0.0594. The van der Waals surface area contributed by atoms with Crippen LogP contribution in [0.5, 0.6) is 0 Å². The number of nitriles is 1. The molecule has 1 saturated carbocycles. The Hall–Kier alpha value is -1.80. The first-order chi connectivity index (χ1) is 7.69. The summed E-state index contributed by atoms with van der Waals surface area (Å²) in [5, 5.41) is 21.4. The Labute approximate surface area is 93.9 Å². The van der Waals surface area contributed by atoms with Crippen LogP contribution < -0.4 is 11.1 Å². The van der Waals surface area contributed by atoms with Crippen LogP contribution in [-0.4, -0.2) is 22.2 Å². The molecule has 2 rings (SSSR count). The van der Waals surface area contributed by atoms with Gasteiger partial charge in [-0.25, -0.2) is 4.98 Å². The third-order valence-corrected chi connectivity index (χ3v) is 3.03. The summed E-state index contributed by atoms with van der Waals surface area (Å²) in [5.41, 5.74) is 6.14. The topological polar surface area (TPSA) is 95.0 Å². The number of nitrogen functional groups attached to an aromatic ring is 1. The monoisotopic (exact) mass is 218 g/mol. The van der Waals surface area contributed by atoms with Crippen molar-refractivity contribution in [3.05, 3.63) is 17.8 Å². The van der Waals surface area contributed by atoms with E-state index in [1.165, 1.54) is 6.20 Å². The van der Waals surface area contributed by atoms with Crippen LogP contribution in [0.4, 0.5) is 11.5 Å². The number of nitrogens with zero attached hydrogens (tertiary/aromatic N) is 2. The second-order valence-corrected chi connectivity index (χ2v) is 4.19. The van der Waals surface area contributed by atoms with Gasteiger partial charge in [-0.1, -0.05) is 0 Å². The molecule has 0 aliphatic heterocycles. The maximum atomic E-state index is 9.32. The molecule has 1 fully saturated rings. The maximum Gasteiger partial charge on any atom is 0.144 e. The lowest BCUT2D eigenvalue weighted by Gasteiger charge is -2.41. The quantitative estimate of drug-likeness (QED) is 0.699. The molecule has 4 N–H and O–H groups in total. The van der Waals surface area contributed by atoms with Gasteiger partial charge in [0.05, 0.1) is 29.6 Å². The summed E-state index contributed by atoms with van der Waals surface area (Å²) in [7, 11) is 0. The number of anilines is 2. The van der Waals surface area contributed by atoms with Crippen molar-refractivity contribution in [2.24, 2.45) is 0 Å². The van der Waals surface area contributed by atoms with E-state index < -0.39 is 0 Å². The summed E-state index contributed by atoms with van der Waals surface area (Å²) in [5.74, 6) is 0.505. The molecule has 16 heavy (non-hydrogen) atoms. The molecule has 0 unspecified atom stereocenters. The Kier molecular flexibility index (Phi) is 2.67. The minimum absolute atomic E-state index is 0.0594. The van der Waals surface area contributed by atoms with Gasteiger partial charge in [-0.3, -0.25) is 0 Å². The van der Waals surface area contributed by atoms with Crippen LogP contribution in [0.1, 0.15) is 24.8 Å². The molecule has 5 heteroatoms. The minimum Gasteiger partial charge on any atom is -0.397 e. The van der Waals surface area contributed by atoms with Gasteiger partial charge in [0.2, 0.25) is 0 Å². The Morgan fingerprint density at radius 3 is 2.88 bits per heavy atom. The number of aliphatic hydroxyl groups excluding tert-OH is 1. The van der Waals surface area contributed by atoms with Crippen molar-refractivity contribution in [1.82, 2.24) is 4.98 Å². The van der Waals surface area contributed by atoms with Gasteiger partial charge in [-0.15, -0.1) is 0 Å². The second-order valence-electron chi connectivity index (χ2n) is 4.19. The van der Waals surface area contributed by atoms with Crippen molar-refractivity contribution in [1.29, 1.82) is 5.26 Å². The zero-order chi connectivity index (χ0) is 11.6. The fourth-order valence-corrected chi connectivity index (χ4v) is 1.84. The van der Waals surface area contributed by atoms with Crippen LogP contribution in [0.25, 0.3) is 0 Å². The first kappa shape index (κ1) is 10.7. The lowest BCUT2D eigenvalue weighted by molar-refractivity contribution is 0.144. The van der Waals surface area contributed by atoms with Crippen LogP contribution in [0.2, 0.25) is 0 Å². The van der Waals surface area contributed by atoms with E-state index in [0.717, 1.165) is 19.3 Å². The van der Waals surface area contributed by atoms with Crippen LogP contribution in [0.15, 0.2) is 12.3 Å². The lowest BCUT2D eigenvalue weighted by Crippen LogP contribution is -2.48. The molecule has 0 spiro atoms. The first-order valence-corrected chi connectivity index (χ1v) is 5.24. The average molecular weight is 218 g/mol. The molecule has 1 aliphatic carbocycles. The molecule has 84 valence electrons. The Bertz CT molecular complexity index is 429. The van der Waals surface area contributed by atoms with Gasteiger partial charge in [-0.05, 0) is 25.3 Å². The lowest BCUT2D eigenvalue weighted by atomic mass is 9.77. The average Bonchev–Trinajstić information content (AvgIpc) is 2.25. The molecule has 5 nitrogen and oxygen atoms in total. The number of hydrogen-bond acceptors (Lipinski definition) is 5. The van der Waals surface area contributed by atoms with Crippen molar-refractivity contribution < 1.29 is 5.11 Å². The summed E-state index contributed by atoms with van der Waals surface area (Å²) < 4.78 is 0. The van der Waals surface area contributed by atoms with E-state index in [4.69, 9.17) is 11.0 Å². The normalized spacial score (nSPS) is 17.2. The first-order valence-electron chi connectivity index (χ1n) is 5.24. The molecule has 1 aromatic rings. The highest BCUT2D eigenvalue weighted by Crippen LogP contribution is 2.35. The summed E-state index contributed by atoms with van der Waals surface area (Å²) in [6, 6.07) is 3.63. The zero-order valence-corrected chi connectivity index (χ0v) is 8.90. The number of nitrogens with two attached hydrogens (primary N) is 1. The fourth-order valence-electron chi connectivity index (χ4n) is 1.84. The van der Waals surface area contributed by atoms with E-state index in [9.17, 15) is 5.11 Å². The van der Waals surface area contributed by atoms with E-state index in [-0.39, 0.29) is 12.1 Å². The highest BCUT2D eigenvalue weighted by molar-refractivity contribution is 5.58. The van der Waals surface area contributed by atoms with Gasteiger partial charge >= 0.3 is 0 Å². The fraction of sp³-hybridized carbons (Fsp3) is 0.455. The van der Waals surface area contributed by atoms with E-state index >= 15 is 0 Å². The van der Waals surface area contributed by atoms with E-state index in [1.807, 2.05) is 6.07 Å². The highest BCUT2D eigenvalue weighted by atomic mass is 16.3. The molecule has 0 aromatic carbocycles. The van der Waals surface area contributed by atoms with Crippen molar-refractivity contribution in [3.8, 4) is 6.07 Å². The number of pyridine rings is 1. The predicted molar refractivity (Wildman–Crippen MR) is 60.7 cm³/mol. The van der Waals surface area contributed by atoms with Gasteiger partial charge in [0.1, 0.15) is 11.9 Å². The predicted octanol–water partition coefficient (Wildman–Crippen LogP) is 0.862. The largest absolute Gasteiger partial charge is 0.397 e. The Morgan fingerprint density at radius 2 is 2.38 bits per heavy atom. The molecule has 0 radical (unpaired) electrons. The van der Waals surface area contributed by atoms with Crippen LogP contribution >= 0.6 is 0 Å². The molecular formula is C11H14N4O. The number of rotatable bonds is 3. The van der Waals surface area contributed by atoms with Gasteiger partial charge in [-0.2, -0.15) is 5.26 Å². The molecule has 0 amide bonds. The molecule has 0 saturated heterocycles. The number of aliphatic hydroxyl groups is 1. The second kappa shape index (κ2) is 3.99. The van der Waals surface area contributed by atoms with Gasteiger partial charge in [0.25, 0.3) is 0 Å². The maximum absolute atomic E-state index is 9.32. The van der Waals surface area contributed by atoms with Crippen molar-refractivity contribution in [2.45, 2.75) is 24.8 Å². The third kappa shape index (κ3) is 1.79. The van der Waals surface area contributed by atoms with Crippen molar-refractivity contribution >= 4 is 11.5 Å². The Morgan fingerprint density at radius 1 is 1.62 bits per heavy atom. The standard InChI is InChI=1S/C11H14N4O/c12-5-8-4-9(13)6-14-10(8)15-11(7-16)2-1-3-11/h4,6,16H,1-3,7,13H2,(H,14,15). The molecule has 1 aromatic heterocycles. The molecular weight excluding hydrogens is 204 g/mol. The third-order valence-electron chi connectivity index (χ3n) is 3.03. The van der Waals surface area contributed by atoms with Crippen molar-refractivity contribution in [2.75, 3.05) is 17.7 Å². The summed E-state index contributed by atoms with van der Waals surface area (Å²) in [6.07, 6.45) is 4.40. The van der Waals surface area contributed by atoms with Gasteiger partial charge < -0.3 is 16.2 Å². The number of aromatic nitrogens is 1.